The van der Waals surface area contributed by atoms with E-state index in [0.29, 0.717) is 12.5 Å². The summed E-state index contributed by atoms with van der Waals surface area (Å²) in [5.74, 6) is -0.390. The highest BCUT2D eigenvalue weighted by atomic mass is 35.5. The van der Waals surface area contributed by atoms with Crippen LogP contribution in [-0.2, 0) is 9.47 Å². The third kappa shape index (κ3) is 1.61. The van der Waals surface area contributed by atoms with Gasteiger partial charge >= 0.3 is 0 Å². The maximum absolute atomic E-state index is 8.65. The van der Waals surface area contributed by atoms with Crippen LogP contribution in [0.1, 0.15) is 6.92 Å². The molecule has 0 radical (unpaired) electrons. The van der Waals surface area contributed by atoms with Gasteiger partial charge in [0.1, 0.15) is 6.10 Å². The standard InChI is InChI=1S/C6H11ClO3/c1-6(4-7)9-3-5(2-8)10-6/h5,8H,2-4H2,1H3/t5-,6?/m1/s1. The zero-order valence-corrected chi connectivity index (χ0v) is 6.60. The maximum atomic E-state index is 8.65. The Kier molecular flexibility index (Phi) is 2.52. The van der Waals surface area contributed by atoms with Crippen molar-refractivity contribution in [3.05, 3.63) is 0 Å². The second-order valence-corrected chi connectivity index (χ2v) is 2.77. The number of hydrogen-bond acceptors (Lipinski definition) is 3. The van der Waals surface area contributed by atoms with Crippen molar-refractivity contribution < 1.29 is 14.6 Å². The minimum Gasteiger partial charge on any atom is -0.394 e. The number of alkyl halides is 1. The highest BCUT2D eigenvalue weighted by Gasteiger charge is 2.35. The molecule has 0 bridgehead atoms. The molecule has 3 nitrogen and oxygen atoms in total. The Balaban J connectivity index is 2.41. The van der Waals surface area contributed by atoms with Crippen LogP contribution in [0.15, 0.2) is 0 Å². The molecule has 0 aromatic heterocycles. The summed E-state index contributed by atoms with van der Waals surface area (Å²) in [6.07, 6.45) is -0.205. The van der Waals surface area contributed by atoms with E-state index in [9.17, 15) is 0 Å². The Bertz CT molecular complexity index is 120. The molecule has 0 aromatic rings. The molecule has 0 spiro atoms. The molecule has 1 rings (SSSR count). The van der Waals surface area contributed by atoms with Gasteiger partial charge in [-0.1, -0.05) is 0 Å². The normalized spacial score (nSPS) is 40.5. The number of rotatable bonds is 2. The van der Waals surface area contributed by atoms with Gasteiger partial charge in [-0.05, 0) is 6.92 Å². The molecule has 1 aliphatic rings. The van der Waals surface area contributed by atoms with E-state index in [0.717, 1.165) is 0 Å². The molecular formula is C6H11ClO3. The van der Waals surface area contributed by atoms with Crippen molar-refractivity contribution in [3.63, 3.8) is 0 Å². The lowest BCUT2D eigenvalue weighted by atomic mass is 10.4. The fourth-order valence-electron chi connectivity index (χ4n) is 0.850. The molecule has 0 saturated carbocycles. The molecule has 1 unspecified atom stereocenters. The second-order valence-electron chi connectivity index (χ2n) is 2.50. The van der Waals surface area contributed by atoms with Crippen molar-refractivity contribution in [3.8, 4) is 0 Å². The van der Waals surface area contributed by atoms with Gasteiger partial charge in [0.05, 0.1) is 19.1 Å². The third-order valence-corrected chi connectivity index (χ3v) is 1.92. The second kappa shape index (κ2) is 3.05. The van der Waals surface area contributed by atoms with Crippen molar-refractivity contribution in [2.45, 2.75) is 18.8 Å². The molecule has 1 aliphatic heterocycles. The van der Waals surface area contributed by atoms with Crippen molar-refractivity contribution in [2.75, 3.05) is 19.1 Å². The van der Waals surface area contributed by atoms with Crippen LogP contribution in [0.3, 0.4) is 0 Å². The predicted octanol–water partition coefficient (Wildman–Crippen LogP) is 0.349. The molecule has 1 heterocycles. The zero-order valence-electron chi connectivity index (χ0n) is 5.84. The lowest BCUT2D eigenvalue weighted by Crippen LogP contribution is -2.29. The lowest BCUT2D eigenvalue weighted by Gasteiger charge is -2.19. The molecular weight excluding hydrogens is 156 g/mol. The molecule has 2 atom stereocenters. The Morgan fingerprint density at radius 3 is 2.80 bits per heavy atom. The molecule has 60 valence electrons. The van der Waals surface area contributed by atoms with Gasteiger partial charge in [-0.15, -0.1) is 11.6 Å². The van der Waals surface area contributed by atoms with Crippen LogP contribution in [0.5, 0.6) is 0 Å². The van der Waals surface area contributed by atoms with E-state index in [1.54, 1.807) is 6.92 Å². The highest BCUT2D eigenvalue weighted by Crippen LogP contribution is 2.23. The molecule has 4 heteroatoms. The smallest absolute Gasteiger partial charge is 0.179 e. The molecule has 1 saturated heterocycles. The summed E-state index contributed by atoms with van der Waals surface area (Å²) >= 11 is 5.54. The monoisotopic (exact) mass is 166 g/mol. The van der Waals surface area contributed by atoms with Crippen LogP contribution in [0.25, 0.3) is 0 Å². The van der Waals surface area contributed by atoms with Crippen molar-refractivity contribution in [1.82, 2.24) is 0 Å². The summed E-state index contributed by atoms with van der Waals surface area (Å²) in [6.45, 7) is 2.18. The van der Waals surface area contributed by atoms with Crippen molar-refractivity contribution in [2.24, 2.45) is 0 Å². The third-order valence-electron chi connectivity index (χ3n) is 1.44. The lowest BCUT2D eigenvalue weighted by molar-refractivity contribution is -0.139. The number of halogens is 1. The summed E-state index contributed by atoms with van der Waals surface area (Å²) in [5, 5.41) is 8.65. The number of aliphatic hydroxyl groups is 1. The number of aliphatic hydroxyl groups excluding tert-OH is 1. The van der Waals surface area contributed by atoms with E-state index >= 15 is 0 Å². The Morgan fingerprint density at radius 1 is 1.80 bits per heavy atom. The van der Waals surface area contributed by atoms with E-state index in [1.807, 2.05) is 0 Å². The van der Waals surface area contributed by atoms with Crippen LogP contribution in [-0.4, -0.2) is 36.1 Å². The van der Waals surface area contributed by atoms with Gasteiger partial charge in [-0.2, -0.15) is 0 Å². The van der Waals surface area contributed by atoms with Crippen LogP contribution in [0, 0.1) is 0 Å². The largest absolute Gasteiger partial charge is 0.394 e. The average molecular weight is 167 g/mol. The molecule has 10 heavy (non-hydrogen) atoms. The van der Waals surface area contributed by atoms with E-state index in [4.69, 9.17) is 26.2 Å². The van der Waals surface area contributed by atoms with Crippen LogP contribution < -0.4 is 0 Å². The van der Waals surface area contributed by atoms with Gasteiger partial charge in [0.2, 0.25) is 0 Å². The first-order chi connectivity index (χ1) is 4.70. The van der Waals surface area contributed by atoms with Gasteiger partial charge in [0.15, 0.2) is 5.79 Å². The summed E-state index contributed by atoms with van der Waals surface area (Å²) in [5.41, 5.74) is 0. The fraction of sp³-hybridized carbons (Fsp3) is 1.00. The van der Waals surface area contributed by atoms with Gasteiger partial charge in [-0.3, -0.25) is 0 Å². The van der Waals surface area contributed by atoms with E-state index in [-0.39, 0.29) is 12.7 Å². The van der Waals surface area contributed by atoms with E-state index in [1.165, 1.54) is 0 Å². The van der Waals surface area contributed by atoms with Gasteiger partial charge < -0.3 is 14.6 Å². The van der Waals surface area contributed by atoms with Crippen LogP contribution in [0.4, 0.5) is 0 Å². The topological polar surface area (TPSA) is 38.7 Å². The van der Waals surface area contributed by atoms with E-state index < -0.39 is 5.79 Å². The Hall–Kier alpha value is 0.170. The van der Waals surface area contributed by atoms with Crippen LogP contribution >= 0.6 is 11.6 Å². The quantitative estimate of drug-likeness (QED) is 0.602. The zero-order chi connectivity index (χ0) is 7.61. The van der Waals surface area contributed by atoms with E-state index in [2.05, 4.69) is 0 Å². The molecule has 1 N–H and O–H groups in total. The molecule has 0 amide bonds. The van der Waals surface area contributed by atoms with Crippen molar-refractivity contribution in [1.29, 1.82) is 0 Å². The van der Waals surface area contributed by atoms with Gasteiger partial charge in [0, 0.05) is 0 Å². The average Bonchev–Trinajstić information content (AvgIpc) is 2.33. The highest BCUT2D eigenvalue weighted by molar-refractivity contribution is 6.18. The first kappa shape index (κ1) is 8.27. The van der Waals surface area contributed by atoms with Crippen LogP contribution in [0.2, 0.25) is 0 Å². The van der Waals surface area contributed by atoms with Gasteiger partial charge in [0.25, 0.3) is 0 Å². The minimum atomic E-state index is -0.686. The molecule has 1 fully saturated rings. The Labute approximate surface area is 64.9 Å². The SMILES string of the molecule is CC1(CCl)OC[C@@H](CO)O1. The number of ether oxygens (including phenoxy) is 2. The summed E-state index contributed by atoms with van der Waals surface area (Å²) in [4.78, 5) is 0. The first-order valence-corrected chi connectivity index (χ1v) is 3.72. The van der Waals surface area contributed by atoms with Crippen molar-refractivity contribution >= 4 is 11.6 Å². The summed E-state index contributed by atoms with van der Waals surface area (Å²) < 4.78 is 10.4. The molecule has 0 aliphatic carbocycles. The van der Waals surface area contributed by atoms with Gasteiger partial charge in [-0.25, -0.2) is 0 Å². The minimum absolute atomic E-state index is 0.00746. The number of hydrogen-bond donors (Lipinski definition) is 1. The summed E-state index contributed by atoms with van der Waals surface area (Å²) in [7, 11) is 0. The molecule has 0 aromatic carbocycles. The maximum Gasteiger partial charge on any atom is 0.179 e. The summed E-state index contributed by atoms with van der Waals surface area (Å²) in [6, 6.07) is 0. The predicted molar refractivity (Wildman–Crippen MR) is 37.0 cm³/mol. The first-order valence-electron chi connectivity index (χ1n) is 3.19. The fourth-order valence-corrected chi connectivity index (χ4v) is 0.990. The Morgan fingerprint density at radius 2 is 2.50 bits per heavy atom.